The molecule has 1 unspecified atom stereocenters. The van der Waals surface area contributed by atoms with Crippen molar-refractivity contribution in [1.82, 2.24) is 10.2 Å². The second-order valence-electron chi connectivity index (χ2n) is 5.16. The van der Waals surface area contributed by atoms with Crippen molar-refractivity contribution >= 4 is 29.5 Å². The summed E-state index contributed by atoms with van der Waals surface area (Å²) in [6, 6.07) is 0. The van der Waals surface area contributed by atoms with Crippen LogP contribution < -0.4 is 5.32 Å². The van der Waals surface area contributed by atoms with E-state index in [1.807, 2.05) is 13.8 Å². The molecule has 21 heavy (non-hydrogen) atoms. The molecule has 0 aromatic rings. The van der Waals surface area contributed by atoms with E-state index in [-0.39, 0.29) is 18.2 Å². The normalized spacial score (nSPS) is 21.0. The Morgan fingerprint density at radius 3 is 2.38 bits per heavy atom. The van der Waals surface area contributed by atoms with Gasteiger partial charge in [-0.2, -0.15) is 11.8 Å². The summed E-state index contributed by atoms with van der Waals surface area (Å²) in [5.74, 6) is -0.0658. The maximum atomic E-state index is 11.9. The number of hydrogen-bond acceptors (Lipinski definition) is 4. The molecule has 0 radical (unpaired) electrons. The van der Waals surface area contributed by atoms with Gasteiger partial charge in [0.25, 0.3) is 0 Å². The number of hydrogen-bond donors (Lipinski definition) is 2. The molecule has 1 atom stereocenters. The second-order valence-corrected chi connectivity index (χ2v) is 6.26. The van der Waals surface area contributed by atoms with Crippen LogP contribution in [0.4, 0.5) is 0 Å². The Hall–Kier alpha value is -1.24. The minimum atomic E-state index is -1.12. The molecule has 6 nitrogen and oxygen atoms in total. The maximum Gasteiger partial charge on any atom is 0.330 e. The van der Waals surface area contributed by atoms with Crippen molar-refractivity contribution in [2.24, 2.45) is 0 Å². The molecule has 2 amide bonds. The number of carboxylic acids is 1. The third-order valence-electron chi connectivity index (χ3n) is 3.72. The smallest absolute Gasteiger partial charge is 0.330 e. The predicted octanol–water partition coefficient (Wildman–Crippen LogP) is 1.10. The van der Waals surface area contributed by atoms with Crippen LogP contribution in [0.2, 0.25) is 0 Å². The molecule has 0 bridgehead atoms. The first-order valence-corrected chi connectivity index (χ1v) is 8.50. The summed E-state index contributed by atoms with van der Waals surface area (Å²) in [5, 5.41) is 11.9. The van der Waals surface area contributed by atoms with Crippen LogP contribution in [-0.4, -0.2) is 57.9 Å². The van der Waals surface area contributed by atoms with Gasteiger partial charge in [0.1, 0.15) is 5.54 Å². The molecule has 2 N–H and O–H groups in total. The predicted molar refractivity (Wildman–Crippen MR) is 82.2 cm³/mol. The van der Waals surface area contributed by atoms with E-state index in [0.29, 0.717) is 38.1 Å². The molecular weight excluding hydrogens is 292 g/mol. The van der Waals surface area contributed by atoms with Gasteiger partial charge in [0, 0.05) is 31.7 Å². The van der Waals surface area contributed by atoms with Crippen molar-refractivity contribution in [3.8, 4) is 0 Å². The molecule has 0 spiro atoms. The van der Waals surface area contributed by atoms with Crippen LogP contribution in [0.15, 0.2) is 0 Å². The lowest BCUT2D eigenvalue weighted by atomic mass is 9.99. The summed E-state index contributed by atoms with van der Waals surface area (Å²) in [5.41, 5.74) is -1.12. The molecule has 1 aliphatic rings. The average molecular weight is 316 g/mol. The van der Waals surface area contributed by atoms with Gasteiger partial charge >= 0.3 is 5.97 Å². The molecule has 0 saturated carbocycles. The fourth-order valence-corrected chi connectivity index (χ4v) is 3.68. The van der Waals surface area contributed by atoms with Gasteiger partial charge in [-0.3, -0.25) is 9.59 Å². The van der Waals surface area contributed by atoms with Crippen molar-refractivity contribution in [3.05, 3.63) is 0 Å². The molecule has 1 fully saturated rings. The summed E-state index contributed by atoms with van der Waals surface area (Å²) in [6.45, 7) is 5.17. The van der Waals surface area contributed by atoms with Gasteiger partial charge in [-0.25, -0.2) is 4.79 Å². The zero-order chi connectivity index (χ0) is 15.9. The van der Waals surface area contributed by atoms with E-state index < -0.39 is 11.5 Å². The van der Waals surface area contributed by atoms with Crippen LogP contribution >= 0.6 is 11.8 Å². The number of carbonyl (C=O) groups is 3. The highest BCUT2D eigenvalue weighted by atomic mass is 32.2. The van der Waals surface area contributed by atoms with Gasteiger partial charge in [-0.15, -0.1) is 0 Å². The molecule has 0 aromatic carbocycles. The second kappa shape index (κ2) is 8.26. The highest BCUT2D eigenvalue weighted by Gasteiger charge is 2.43. The van der Waals surface area contributed by atoms with Crippen LogP contribution in [0, 0.1) is 0 Å². The SMILES string of the molecule is CCN(CC)C(=O)CCCC(=O)NC1(C(=O)O)CCSC1. The summed E-state index contributed by atoms with van der Waals surface area (Å²) in [6.07, 6.45) is 1.41. The minimum absolute atomic E-state index is 0.0390. The van der Waals surface area contributed by atoms with Crippen molar-refractivity contribution in [2.75, 3.05) is 24.6 Å². The third kappa shape index (κ3) is 4.91. The fourth-order valence-electron chi connectivity index (χ4n) is 2.35. The van der Waals surface area contributed by atoms with E-state index in [2.05, 4.69) is 5.32 Å². The van der Waals surface area contributed by atoms with E-state index in [4.69, 9.17) is 0 Å². The first kappa shape index (κ1) is 17.8. The lowest BCUT2D eigenvalue weighted by molar-refractivity contribution is -0.146. The Bertz CT molecular complexity index is 390. The molecule has 1 aliphatic heterocycles. The monoisotopic (exact) mass is 316 g/mol. The van der Waals surface area contributed by atoms with E-state index in [1.54, 1.807) is 4.90 Å². The molecule has 120 valence electrons. The van der Waals surface area contributed by atoms with Crippen molar-refractivity contribution in [1.29, 1.82) is 0 Å². The Balaban J connectivity index is 2.37. The van der Waals surface area contributed by atoms with E-state index in [0.717, 1.165) is 5.75 Å². The largest absolute Gasteiger partial charge is 0.479 e. The van der Waals surface area contributed by atoms with Gasteiger partial charge in [-0.1, -0.05) is 0 Å². The number of amides is 2. The van der Waals surface area contributed by atoms with Gasteiger partial charge in [0.05, 0.1) is 0 Å². The van der Waals surface area contributed by atoms with E-state index in [1.165, 1.54) is 11.8 Å². The lowest BCUT2D eigenvalue weighted by Crippen LogP contribution is -2.54. The summed E-state index contributed by atoms with van der Waals surface area (Å²) < 4.78 is 0. The zero-order valence-corrected chi connectivity index (χ0v) is 13.5. The Labute approximate surface area is 129 Å². The Morgan fingerprint density at radius 2 is 1.90 bits per heavy atom. The highest BCUT2D eigenvalue weighted by molar-refractivity contribution is 7.99. The quantitative estimate of drug-likeness (QED) is 0.700. The molecular formula is C14H24N2O4S. The van der Waals surface area contributed by atoms with Crippen molar-refractivity contribution < 1.29 is 19.5 Å². The average Bonchev–Trinajstić information content (AvgIpc) is 2.90. The molecule has 1 saturated heterocycles. The third-order valence-corrected chi connectivity index (χ3v) is 4.91. The number of rotatable bonds is 8. The van der Waals surface area contributed by atoms with E-state index >= 15 is 0 Å². The first-order chi connectivity index (χ1) is 9.95. The molecule has 1 heterocycles. The van der Waals surface area contributed by atoms with Crippen LogP contribution in [0.1, 0.15) is 39.5 Å². The molecule has 1 rings (SSSR count). The van der Waals surface area contributed by atoms with Crippen molar-refractivity contribution in [3.63, 3.8) is 0 Å². The van der Waals surface area contributed by atoms with Gasteiger partial charge in [0.15, 0.2) is 0 Å². The number of carbonyl (C=O) groups excluding carboxylic acids is 2. The van der Waals surface area contributed by atoms with Crippen molar-refractivity contribution in [2.45, 2.75) is 45.1 Å². The molecule has 7 heteroatoms. The summed E-state index contributed by atoms with van der Waals surface area (Å²) in [4.78, 5) is 36.7. The van der Waals surface area contributed by atoms with Crippen LogP contribution in [-0.2, 0) is 14.4 Å². The van der Waals surface area contributed by atoms with Gasteiger partial charge < -0.3 is 15.3 Å². The first-order valence-electron chi connectivity index (χ1n) is 7.35. The number of nitrogens with zero attached hydrogens (tertiary/aromatic N) is 1. The fraction of sp³-hybridized carbons (Fsp3) is 0.786. The van der Waals surface area contributed by atoms with Gasteiger partial charge in [-0.05, 0) is 32.4 Å². The van der Waals surface area contributed by atoms with Crippen LogP contribution in [0.3, 0.4) is 0 Å². The zero-order valence-electron chi connectivity index (χ0n) is 12.7. The molecule has 0 aliphatic carbocycles. The lowest BCUT2D eigenvalue weighted by Gasteiger charge is -2.24. The number of aliphatic carboxylic acids is 1. The van der Waals surface area contributed by atoms with Gasteiger partial charge in [0.2, 0.25) is 11.8 Å². The summed E-state index contributed by atoms with van der Waals surface area (Å²) >= 11 is 1.53. The van der Waals surface area contributed by atoms with Crippen LogP contribution in [0.5, 0.6) is 0 Å². The number of carboxylic acid groups (broad SMARTS) is 1. The Morgan fingerprint density at radius 1 is 1.24 bits per heavy atom. The number of thioether (sulfide) groups is 1. The van der Waals surface area contributed by atoms with Crippen LogP contribution in [0.25, 0.3) is 0 Å². The standard InChI is InChI=1S/C14H24N2O4S/c1-3-16(4-2)12(18)7-5-6-11(17)15-14(13(19)20)8-9-21-10-14/h3-10H2,1-2H3,(H,15,17)(H,19,20). The minimum Gasteiger partial charge on any atom is -0.479 e. The topological polar surface area (TPSA) is 86.7 Å². The maximum absolute atomic E-state index is 11.9. The van der Waals surface area contributed by atoms with E-state index in [9.17, 15) is 19.5 Å². The molecule has 0 aromatic heterocycles. The summed E-state index contributed by atoms with van der Waals surface area (Å²) in [7, 11) is 0. The highest BCUT2D eigenvalue weighted by Crippen LogP contribution is 2.28. The Kier molecular flexibility index (Phi) is 7.01. The number of nitrogens with one attached hydrogen (secondary N) is 1.